The van der Waals surface area contributed by atoms with Crippen molar-refractivity contribution in [2.24, 2.45) is 4.99 Å². The quantitative estimate of drug-likeness (QED) is 0.586. The third-order valence-electron chi connectivity index (χ3n) is 5.36. The van der Waals surface area contributed by atoms with Crippen molar-refractivity contribution in [1.82, 2.24) is 10.6 Å². The number of thiophene rings is 1. The van der Waals surface area contributed by atoms with E-state index in [2.05, 4.69) is 40.0 Å². The maximum Gasteiger partial charge on any atom is 0.191 e. The average Bonchev–Trinajstić information content (AvgIpc) is 3.22. The van der Waals surface area contributed by atoms with Crippen LogP contribution in [0.15, 0.2) is 22.5 Å². The summed E-state index contributed by atoms with van der Waals surface area (Å²) in [5, 5.41) is 10.6. The van der Waals surface area contributed by atoms with Crippen molar-refractivity contribution >= 4 is 22.3 Å². The Balaban J connectivity index is 1.53. The lowest BCUT2D eigenvalue weighted by Crippen LogP contribution is -2.49. The van der Waals surface area contributed by atoms with Crippen molar-refractivity contribution in [2.75, 3.05) is 51.4 Å². The van der Waals surface area contributed by atoms with E-state index >= 15 is 0 Å². The summed E-state index contributed by atoms with van der Waals surface area (Å²) in [5.41, 5.74) is -0.177. The largest absolute Gasteiger partial charge is 0.381 e. The van der Waals surface area contributed by atoms with Crippen LogP contribution in [0.3, 0.4) is 0 Å². The molecule has 0 atom stereocenters. The molecule has 0 unspecified atom stereocenters. The zero-order valence-electron chi connectivity index (χ0n) is 16.0. The number of guanidine groups is 1. The highest BCUT2D eigenvalue weighted by Gasteiger charge is 2.32. The second-order valence-corrected chi connectivity index (χ2v) is 7.98. The molecule has 0 bridgehead atoms. The minimum absolute atomic E-state index is 0.177. The molecule has 2 aliphatic heterocycles. The van der Waals surface area contributed by atoms with E-state index in [0.29, 0.717) is 12.6 Å². The Morgan fingerprint density at radius 3 is 2.77 bits per heavy atom. The Morgan fingerprint density at radius 2 is 2.15 bits per heavy atom. The van der Waals surface area contributed by atoms with E-state index in [4.69, 9.17) is 14.5 Å². The second kappa shape index (κ2) is 9.58. The lowest BCUT2D eigenvalue weighted by atomic mass is 9.94. The van der Waals surface area contributed by atoms with Gasteiger partial charge in [0.05, 0.1) is 17.1 Å². The number of aliphatic imine (C=N–C) groups is 1. The summed E-state index contributed by atoms with van der Waals surface area (Å²) in [5.74, 6) is 0.907. The van der Waals surface area contributed by atoms with Crippen LogP contribution in [-0.4, -0.2) is 64.1 Å². The number of nitrogens with one attached hydrogen (secondary N) is 2. The Hall–Kier alpha value is -1.31. The first-order valence-electron chi connectivity index (χ1n) is 9.71. The predicted molar refractivity (Wildman–Crippen MR) is 108 cm³/mol. The Bertz CT molecular complexity index is 550. The van der Waals surface area contributed by atoms with E-state index in [1.54, 1.807) is 7.11 Å². The molecular weight excluding hydrogens is 348 g/mol. The average molecular weight is 381 g/mol. The monoisotopic (exact) mass is 380 g/mol. The van der Waals surface area contributed by atoms with Gasteiger partial charge >= 0.3 is 0 Å². The van der Waals surface area contributed by atoms with Gasteiger partial charge in [-0.05, 0) is 37.3 Å². The molecule has 2 N–H and O–H groups in total. The van der Waals surface area contributed by atoms with Gasteiger partial charge in [0.25, 0.3) is 0 Å². The molecule has 0 aromatic carbocycles. The minimum atomic E-state index is -0.177. The van der Waals surface area contributed by atoms with Crippen molar-refractivity contribution in [3.05, 3.63) is 17.5 Å². The summed E-state index contributed by atoms with van der Waals surface area (Å²) < 4.78 is 11.3. The molecule has 0 amide bonds. The van der Waals surface area contributed by atoms with E-state index in [1.165, 1.54) is 5.00 Å². The Morgan fingerprint density at radius 1 is 1.38 bits per heavy atom. The van der Waals surface area contributed by atoms with Gasteiger partial charge < -0.3 is 25.0 Å². The van der Waals surface area contributed by atoms with Crippen molar-refractivity contribution in [1.29, 1.82) is 0 Å². The number of ether oxygens (including phenoxy) is 2. The first-order chi connectivity index (χ1) is 12.7. The van der Waals surface area contributed by atoms with Gasteiger partial charge in [0.2, 0.25) is 0 Å². The first-order valence-corrected chi connectivity index (χ1v) is 10.6. The number of piperidine rings is 1. The lowest BCUT2D eigenvalue weighted by molar-refractivity contribution is -0.0828. The summed E-state index contributed by atoms with van der Waals surface area (Å²) in [4.78, 5) is 7.33. The first kappa shape index (κ1) is 19.5. The van der Waals surface area contributed by atoms with Gasteiger partial charge in [-0.3, -0.25) is 4.99 Å². The summed E-state index contributed by atoms with van der Waals surface area (Å²) in [6.07, 6.45) is 4.08. The number of anilines is 1. The third-order valence-corrected chi connectivity index (χ3v) is 6.29. The molecule has 6 nitrogen and oxygen atoms in total. The molecule has 0 saturated carbocycles. The van der Waals surface area contributed by atoms with Crippen molar-refractivity contribution in [3.8, 4) is 0 Å². The highest BCUT2D eigenvalue weighted by molar-refractivity contribution is 7.14. The molecule has 1 aromatic rings. The van der Waals surface area contributed by atoms with E-state index in [-0.39, 0.29) is 5.60 Å². The van der Waals surface area contributed by atoms with Crippen molar-refractivity contribution < 1.29 is 9.47 Å². The number of methoxy groups -OCH3 is 1. The molecule has 7 heteroatoms. The molecule has 2 saturated heterocycles. The molecule has 0 aliphatic carbocycles. The van der Waals surface area contributed by atoms with Crippen LogP contribution < -0.4 is 15.5 Å². The molecule has 1 aromatic heterocycles. The molecule has 2 aliphatic rings. The van der Waals surface area contributed by atoms with Crippen LogP contribution in [0.1, 0.15) is 32.6 Å². The van der Waals surface area contributed by atoms with Crippen LogP contribution in [0.25, 0.3) is 0 Å². The molecule has 3 heterocycles. The number of rotatable bonds is 6. The lowest BCUT2D eigenvalue weighted by Gasteiger charge is -2.35. The van der Waals surface area contributed by atoms with Crippen LogP contribution in [0.4, 0.5) is 5.00 Å². The van der Waals surface area contributed by atoms with Crippen LogP contribution in [0.2, 0.25) is 0 Å². The van der Waals surface area contributed by atoms with Crippen molar-refractivity contribution in [2.45, 2.75) is 44.2 Å². The van der Waals surface area contributed by atoms with Crippen molar-refractivity contribution in [3.63, 3.8) is 0 Å². The third kappa shape index (κ3) is 5.11. The zero-order valence-corrected chi connectivity index (χ0v) is 16.8. The van der Waals surface area contributed by atoms with E-state index in [1.807, 2.05) is 11.3 Å². The van der Waals surface area contributed by atoms with Gasteiger partial charge in [-0.25, -0.2) is 0 Å². The van der Waals surface area contributed by atoms with Gasteiger partial charge in [0, 0.05) is 58.8 Å². The standard InChI is InChI=1S/C19H32N4O2S/c1-3-20-18(21-15-19(24-2)8-12-25-13-9-19)22-16-6-10-23(11-7-16)17-5-4-14-26-17/h4-5,14,16H,3,6-13,15H2,1-2H3,(H2,20,21,22). The summed E-state index contributed by atoms with van der Waals surface area (Å²) in [6.45, 7) is 7.35. The normalized spacial score (nSPS) is 21.6. The maximum atomic E-state index is 5.80. The zero-order chi connectivity index (χ0) is 18.2. The summed E-state index contributed by atoms with van der Waals surface area (Å²) in [6, 6.07) is 4.81. The summed E-state index contributed by atoms with van der Waals surface area (Å²) in [7, 11) is 1.79. The van der Waals surface area contributed by atoms with E-state index < -0.39 is 0 Å². The molecule has 146 valence electrons. The maximum absolute atomic E-state index is 5.80. The fourth-order valence-electron chi connectivity index (χ4n) is 3.60. The van der Waals surface area contributed by atoms with Gasteiger partial charge in [-0.2, -0.15) is 0 Å². The predicted octanol–water partition coefficient (Wildman–Crippen LogP) is 2.47. The van der Waals surface area contributed by atoms with Gasteiger partial charge in [0.15, 0.2) is 5.96 Å². The highest BCUT2D eigenvalue weighted by Crippen LogP contribution is 2.26. The van der Waals surface area contributed by atoms with E-state index in [9.17, 15) is 0 Å². The fraction of sp³-hybridized carbons (Fsp3) is 0.737. The SMILES string of the molecule is CCNC(=NCC1(OC)CCOCC1)NC1CCN(c2cccs2)CC1. The fourth-order valence-corrected chi connectivity index (χ4v) is 4.39. The number of hydrogen-bond donors (Lipinski definition) is 2. The van der Waals surface area contributed by atoms with Crippen LogP contribution >= 0.6 is 11.3 Å². The summed E-state index contributed by atoms with van der Waals surface area (Å²) >= 11 is 1.82. The Labute approximate surface area is 161 Å². The highest BCUT2D eigenvalue weighted by atomic mass is 32.1. The van der Waals surface area contributed by atoms with E-state index in [0.717, 1.165) is 64.5 Å². The van der Waals surface area contributed by atoms with Crippen LogP contribution in [0, 0.1) is 0 Å². The minimum Gasteiger partial charge on any atom is -0.381 e. The second-order valence-electron chi connectivity index (χ2n) is 7.05. The van der Waals surface area contributed by atoms with Gasteiger partial charge in [0.1, 0.15) is 0 Å². The topological polar surface area (TPSA) is 58.1 Å². The molecule has 3 rings (SSSR count). The molecular formula is C19H32N4O2S. The number of hydrogen-bond acceptors (Lipinski definition) is 5. The van der Waals surface area contributed by atoms with Crippen LogP contribution in [0.5, 0.6) is 0 Å². The molecule has 0 radical (unpaired) electrons. The molecule has 0 spiro atoms. The molecule has 26 heavy (non-hydrogen) atoms. The van der Waals surface area contributed by atoms with Crippen LogP contribution in [-0.2, 0) is 9.47 Å². The number of nitrogens with zero attached hydrogens (tertiary/aromatic N) is 2. The van der Waals surface area contributed by atoms with Gasteiger partial charge in [-0.15, -0.1) is 11.3 Å². The smallest absolute Gasteiger partial charge is 0.191 e. The Kier molecular flexibility index (Phi) is 7.16. The van der Waals surface area contributed by atoms with Gasteiger partial charge in [-0.1, -0.05) is 0 Å². The molecule has 2 fully saturated rings.